The highest BCUT2D eigenvalue weighted by Gasteiger charge is 2.24. The monoisotopic (exact) mass is 464 g/mol. The molecule has 4 rings (SSSR count). The average molecular weight is 465 g/mol. The second kappa shape index (κ2) is 9.53. The van der Waals surface area contributed by atoms with Crippen LogP contribution in [0, 0.1) is 12.3 Å². The van der Waals surface area contributed by atoms with E-state index in [0.29, 0.717) is 18.0 Å². The summed E-state index contributed by atoms with van der Waals surface area (Å²) in [6.07, 6.45) is 6.27. The fourth-order valence-corrected chi connectivity index (χ4v) is 4.87. The van der Waals surface area contributed by atoms with Gasteiger partial charge in [0.1, 0.15) is 5.75 Å². The molecule has 33 heavy (non-hydrogen) atoms. The van der Waals surface area contributed by atoms with Crippen LogP contribution in [-0.2, 0) is 22.5 Å². The molecule has 170 valence electrons. The third-order valence-corrected chi connectivity index (χ3v) is 6.45. The molecule has 1 aliphatic heterocycles. The molecule has 2 N–H and O–H groups in total. The summed E-state index contributed by atoms with van der Waals surface area (Å²) in [5, 5.41) is 10.8. The van der Waals surface area contributed by atoms with Crippen molar-refractivity contribution in [3.8, 4) is 18.1 Å². The minimum atomic E-state index is -2.33. The number of carbonyl (C=O) groups is 1. The quantitative estimate of drug-likeness (QED) is 0.381. The van der Waals surface area contributed by atoms with Gasteiger partial charge in [0.2, 0.25) is 0 Å². The van der Waals surface area contributed by atoms with E-state index in [1.165, 1.54) is 4.31 Å². The molecular formula is C25H24N2O5S. The second-order valence-corrected chi connectivity index (χ2v) is 8.67. The maximum atomic E-state index is 12.5. The highest BCUT2D eigenvalue weighted by atomic mass is 32.2. The molecule has 1 heterocycles. The highest BCUT2D eigenvalue weighted by Crippen LogP contribution is 2.40. The van der Waals surface area contributed by atoms with Gasteiger partial charge in [-0.2, -0.15) is 0 Å². The van der Waals surface area contributed by atoms with Crippen LogP contribution in [0.5, 0.6) is 5.75 Å². The van der Waals surface area contributed by atoms with Crippen LogP contribution in [0.3, 0.4) is 0 Å². The van der Waals surface area contributed by atoms with E-state index in [9.17, 15) is 18.7 Å². The number of carboxylic acid groups (broad SMARTS) is 1. The van der Waals surface area contributed by atoms with E-state index in [0.717, 1.165) is 34.2 Å². The molecule has 2 atom stereocenters. The maximum absolute atomic E-state index is 12.5. The van der Waals surface area contributed by atoms with Gasteiger partial charge in [-0.1, -0.05) is 30.2 Å². The number of ether oxygens (including phenoxy) is 1. The number of rotatable bonds is 8. The predicted molar refractivity (Wildman–Crippen MR) is 130 cm³/mol. The first-order valence-corrected chi connectivity index (χ1v) is 11.6. The zero-order valence-corrected chi connectivity index (χ0v) is 18.9. The maximum Gasteiger partial charge on any atom is 0.305 e. The number of hydrogen-bond acceptors (Lipinski definition) is 4. The fourth-order valence-electron chi connectivity index (χ4n) is 4.25. The fraction of sp³-hybridized carbons (Fsp3) is 0.240. The minimum Gasteiger partial charge on any atom is -0.493 e. The van der Waals surface area contributed by atoms with Crippen LogP contribution < -0.4 is 13.9 Å². The van der Waals surface area contributed by atoms with Gasteiger partial charge in [-0.3, -0.25) is 9.35 Å². The Bertz CT molecular complexity index is 1270. The van der Waals surface area contributed by atoms with Gasteiger partial charge >= 0.3 is 5.97 Å². The van der Waals surface area contributed by atoms with E-state index >= 15 is 0 Å². The largest absolute Gasteiger partial charge is 0.493 e. The lowest BCUT2D eigenvalue weighted by atomic mass is 10.0. The SMILES string of the molecule is C#CCN(c1ccc(N(c2ccc3c(c2)CCO3)S(=O)O)c2ccccc12)[C@@H](C)CC(=O)O. The lowest BCUT2D eigenvalue weighted by molar-refractivity contribution is -0.137. The van der Waals surface area contributed by atoms with E-state index in [1.807, 2.05) is 54.3 Å². The first kappa shape index (κ1) is 22.6. The summed E-state index contributed by atoms with van der Waals surface area (Å²) < 4.78 is 29.7. The Kier molecular flexibility index (Phi) is 6.54. The standard InChI is InChI=1S/C25H24N2O5S/c1-3-13-26(17(2)15-25(28)29)22-9-10-23(21-7-5-4-6-20(21)22)27(33(30)31)19-8-11-24-18(16-19)12-14-32-24/h1,4-11,16-17H,12-15H2,2H3,(H,28,29)(H,30,31)/t17-/m0/s1. The Labute approximate surface area is 195 Å². The van der Waals surface area contributed by atoms with Crippen molar-refractivity contribution < 1.29 is 23.4 Å². The van der Waals surface area contributed by atoms with Gasteiger partial charge in [0.05, 0.1) is 30.9 Å². The first-order chi connectivity index (χ1) is 15.9. The summed E-state index contributed by atoms with van der Waals surface area (Å²) >= 11 is -2.33. The highest BCUT2D eigenvalue weighted by molar-refractivity contribution is 7.81. The van der Waals surface area contributed by atoms with Crippen molar-refractivity contribution in [1.82, 2.24) is 0 Å². The van der Waals surface area contributed by atoms with Crippen molar-refractivity contribution in [2.45, 2.75) is 25.8 Å². The molecule has 0 aromatic heterocycles. The summed E-state index contributed by atoms with van der Waals surface area (Å²) in [7, 11) is 0. The molecule has 0 saturated carbocycles. The third kappa shape index (κ3) is 4.51. The molecule has 7 nitrogen and oxygen atoms in total. The van der Waals surface area contributed by atoms with Crippen LogP contribution in [0.25, 0.3) is 10.8 Å². The molecule has 0 saturated heterocycles. The van der Waals surface area contributed by atoms with Gasteiger partial charge in [0.15, 0.2) is 0 Å². The third-order valence-electron chi connectivity index (χ3n) is 5.73. The number of hydrogen-bond donors (Lipinski definition) is 2. The van der Waals surface area contributed by atoms with Crippen molar-refractivity contribution in [2.24, 2.45) is 0 Å². The van der Waals surface area contributed by atoms with Gasteiger partial charge in [0.25, 0.3) is 11.3 Å². The van der Waals surface area contributed by atoms with Crippen LogP contribution in [0.2, 0.25) is 0 Å². The van der Waals surface area contributed by atoms with Crippen LogP contribution in [0.4, 0.5) is 17.1 Å². The second-order valence-electron chi connectivity index (χ2n) is 7.84. The number of anilines is 3. The number of benzene rings is 3. The molecular weight excluding hydrogens is 440 g/mol. The Hall–Kier alpha value is -3.54. The smallest absolute Gasteiger partial charge is 0.305 e. The molecule has 3 aromatic carbocycles. The molecule has 0 aliphatic carbocycles. The zero-order valence-electron chi connectivity index (χ0n) is 18.1. The molecule has 0 spiro atoms. The Morgan fingerprint density at radius 1 is 1.18 bits per heavy atom. The molecule has 0 amide bonds. The van der Waals surface area contributed by atoms with E-state index in [1.54, 1.807) is 12.1 Å². The number of nitrogens with zero attached hydrogens (tertiary/aromatic N) is 2. The average Bonchev–Trinajstić information content (AvgIpc) is 3.25. The summed E-state index contributed by atoms with van der Waals surface area (Å²) in [5.74, 6) is 2.49. The lowest BCUT2D eigenvalue weighted by Gasteiger charge is -2.31. The zero-order chi connectivity index (χ0) is 23.5. The van der Waals surface area contributed by atoms with Crippen molar-refractivity contribution >= 4 is 45.1 Å². The van der Waals surface area contributed by atoms with E-state index in [-0.39, 0.29) is 19.0 Å². The van der Waals surface area contributed by atoms with Gasteiger partial charge in [-0.25, -0.2) is 8.51 Å². The lowest BCUT2D eigenvalue weighted by Crippen LogP contribution is -2.35. The predicted octanol–water partition coefficient (Wildman–Crippen LogP) is 4.35. The number of aliphatic carboxylic acids is 1. The summed E-state index contributed by atoms with van der Waals surface area (Å²) in [6, 6.07) is 16.2. The van der Waals surface area contributed by atoms with Crippen molar-refractivity contribution in [2.75, 3.05) is 22.4 Å². The molecule has 0 radical (unpaired) electrons. The molecule has 3 aromatic rings. The van der Waals surface area contributed by atoms with Gasteiger partial charge < -0.3 is 14.7 Å². The van der Waals surface area contributed by atoms with Crippen LogP contribution in [0.15, 0.2) is 54.6 Å². The van der Waals surface area contributed by atoms with Crippen LogP contribution in [0.1, 0.15) is 18.9 Å². The van der Waals surface area contributed by atoms with E-state index in [4.69, 9.17) is 11.2 Å². The molecule has 1 unspecified atom stereocenters. The van der Waals surface area contributed by atoms with Crippen molar-refractivity contribution in [3.63, 3.8) is 0 Å². The summed E-state index contributed by atoms with van der Waals surface area (Å²) in [4.78, 5) is 13.2. The van der Waals surface area contributed by atoms with Crippen molar-refractivity contribution in [3.05, 3.63) is 60.2 Å². The Morgan fingerprint density at radius 3 is 2.55 bits per heavy atom. The first-order valence-electron chi connectivity index (χ1n) is 10.5. The number of fused-ring (bicyclic) bond motifs is 2. The number of terminal acetylenes is 1. The minimum absolute atomic E-state index is 0.0677. The Morgan fingerprint density at radius 2 is 1.88 bits per heavy atom. The molecule has 0 bridgehead atoms. The van der Waals surface area contributed by atoms with Crippen LogP contribution in [-0.4, -0.2) is 39.0 Å². The normalized spacial score (nSPS) is 14.1. The topological polar surface area (TPSA) is 90.3 Å². The van der Waals surface area contributed by atoms with E-state index in [2.05, 4.69) is 5.92 Å². The summed E-state index contributed by atoms with van der Waals surface area (Å²) in [5.41, 5.74) is 2.90. The van der Waals surface area contributed by atoms with Gasteiger partial charge in [-0.05, 0) is 42.8 Å². The van der Waals surface area contributed by atoms with E-state index < -0.39 is 17.2 Å². The van der Waals surface area contributed by atoms with Crippen LogP contribution >= 0.6 is 0 Å². The number of carboxylic acids is 1. The molecule has 0 fully saturated rings. The van der Waals surface area contributed by atoms with Crippen molar-refractivity contribution in [1.29, 1.82) is 0 Å². The van der Waals surface area contributed by atoms with Gasteiger partial charge in [-0.15, -0.1) is 6.42 Å². The Balaban J connectivity index is 1.85. The van der Waals surface area contributed by atoms with Gasteiger partial charge in [0, 0.05) is 28.9 Å². The summed E-state index contributed by atoms with van der Waals surface area (Å²) in [6.45, 7) is 2.65. The molecule has 1 aliphatic rings. The molecule has 8 heteroatoms.